The van der Waals surface area contributed by atoms with Crippen molar-refractivity contribution in [3.05, 3.63) is 41.4 Å². The Morgan fingerprint density at radius 3 is 2.94 bits per heavy atom. The van der Waals surface area contributed by atoms with Gasteiger partial charge in [0.2, 0.25) is 0 Å². The summed E-state index contributed by atoms with van der Waals surface area (Å²) in [6.45, 7) is 2.11. The molecule has 1 heterocycles. The third kappa shape index (κ3) is 2.64. The van der Waals surface area contributed by atoms with Gasteiger partial charge in [0.25, 0.3) is 0 Å². The second-order valence-electron chi connectivity index (χ2n) is 3.45. The van der Waals surface area contributed by atoms with Gasteiger partial charge < -0.3 is 5.73 Å². The van der Waals surface area contributed by atoms with Crippen molar-refractivity contribution in [2.75, 3.05) is 0 Å². The molecule has 0 bridgehead atoms. The minimum atomic E-state index is 0.115. The maximum Gasteiger partial charge on any atom is 0.154 e. The minimum absolute atomic E-state index is 0.115. The van der Waals surface area contributed by atoms with E-state index >= 15 is 0 Å². The molecule has 16 heavy (non-hydrogen) atoms. The van der Waals surface area contributed by atoms with Crippen LogP contribution in [0.5, 0.6) is 0 Å². The Balaban J connectivity index is 2.26. The number of hydrogen-bond donors (Lipinski definition) is 1. The average Bonchev–Trinajstić information content (AvgIpc) is 2.82. The zero-order valence-electron chi connectivity index (χ0n) is 9.09. The van der Waals surface area contributed by atoms with Crippen LogP contribution in [0.1, 0.15) is 24.9 Å². The second-order valence-corrected chi connectivity index (χ2v) is 5.64. The highest BCUT2D eigenvalue weighted by molar-refractivity contribution is 8.01. The summed E-state index contributed by atoms with van der Waals surface area (Å²) in [5.41, 5.74) is 7.31. The van der Waals surface area contributed by atoms with E-state index in [0.29, 0.717) is 0 Å². The highest BCUT2D eigenvalue weighted by atomic mass is 32.2. The molecule has 84 valence electrons. The number of thiazole rings is 1. The van der Waals surface area contributed by atoms with Crippen LogP contribution in [0, 0.1) is 0 Å². The van der Waals surface area contributed by atoms with E-state index in [0.717, 1.165) is 10.8 Å². The zero-order chi connectivity index (χ0) is 11.4. The molecule has 4 heteroatoms. The standard InChI is InChI=1S/C12H14N2S2/c1-2-10(13)9-5-3-4-6-11(9)16-12-14-7-8-15-12/h3-8,10H,2,13H2,1H3. The van der Waals surface area contributed by atoms with Gasteiger partial charge in [-0.15, -0.1) is 11.3 Å². The quantitative estimate of drug-likeness (QED) is 0.899. The molecule has 0 radical (unpaired) electrons. The first-order valence-electron chi connectivity index (χ1n) is 5.23. The Labute approximate surface area is 104 Å². The summed E-state index contributed by atoms with van der Waals surface area (Å²) in [7, 11) is 0. The van der Waals surface area contributed by atoms with E-state index in [-0.39, 0.29) is 6.04 Å². The fourth-order valence-corrected chi connectivity index (χ4v) is 3.23. The number of hydrogen-bond acceptors (Lipinski definition) is 4. The highest BCUT2D eigenvalue weighted by Gasteiger charge is 2.10. The third-order valence-electron chi connectivity index (χ3n) is 2.37. The molecule has 0 fully saturated rings. The Morgan fingerprint density at radius 2 is 2.25 bits per heavy atom. The average molecular weight is 250 g/mol. The molecule has 0 saturated carbocycles. The van der Waals surface area contributed by atoms with Gasteiger partial charge in [-0.05, 0) is 18.1 Å². The molecule has 1 atom stereocenters. The number of aromatic nitrogens is 1. The lowest BCUT2D eigenvalue weighted by Crippen LogP contribution is -2.09. The Bertz CT molecular complexity index is 440. The lowest BCUT2D eigenvalue weighted by molar-refractivity contribution is 0.685. The molecule has 2 aromatic rings. The van der Waals surface area contributed by atoms with Crippen LogP contribution in [0.15, 0.2) is 45.1 Å². The fraction of sp³-hybridized carbons (Fsp3) is 0.250. The van der Waals surface area contributed by atoms with Crippen molar-refractivity contribution in [3.8, 4) is 0 Å². The van der Waals surface area contributed by atoms with Gasteiger partial charge in [0.1, 0.15) is 0 Å². The molecule has 1 unspecified atom stereocenters. The Kier molecular flexibility index (Phi) is 3.98. The van der Waals surface area contributed by atoms with E-state index in [9.17, 15) is 0 Å². The first kappa shape index (κ1) is 11.6. The number of benzene rings is 1. The van der Waals surface area contributed by atoms with Gasteiger partial charge in [-0.1, -0.05) is 36.9 Å². The smallest absolute Gasteiger partial charge is 0.154 e. The van der Waals surface area contributed by atoms with E-state index in [2.05, 4.69) is 24.0 Å². The number of nitrogens with two attached hydrogens (primary N) is 1. The Morgan fingerprint density at radius 1 is 1.44 bits per heavy atom. The summed E-state index contributed by atoms with van der Waals surface area (Å²) in [6.07, 6.45) is 2.78. The molecule has 0 amide bonds. The summed E-state index contributed by atoms with van der Waals surface area (Å²) in [5.74, 6) is 0. The molecule has 0 aliphatic heterocycles. The first-order valence-corrected chi connectivity index (χ1v) is 6.92. The largest absolute Gasteiger partial charge is 0.324 e. The minimum Gasteiger partial charge on any atom is -0.324 e. The molecule has 0 aliphatic rings. The van der Waals surface area contributed by atoms with E-state index < -0.39 is 0 Å². The van der Waals surface area contributed by atoms with Crippen molar-refractivity contribution in [1.29, 1.82) is 0 Å². The lowest BCUT2D eigenvalue weighted by atomic mass is 10.1. The number of rotatable bonds is 4. The summed E-state index contributed by atoms with van der Waals surface area (Å²) < 4.78 is 1.07. The normalized spacial score (nSPS) is 12.6. The molecule has 2 nitrogen and oxygen atoms in total. The summed E-state index contributed by atoms with van der Waals surface area (Å²) >= 11 is 3.35. The molecule has 1 aromatic carbocycles. The fourth-order valence-electron chi connectivity index (χ4n) is 1.45. The van der Waals surface area contributed by atoms with Crippen LogP contribution in [-0.4, -0.2) is 4.98 Å². The molecule has 2 rings (SSSR count). The van der Waals surface area contributed by atoms with Crippen LogP contribution in [0.25, 0.3) is 0 Å². The van der Waals surface area contributed by atoms with E-state index in [4.69, 9.17) is 5.73 Å². The van der Waals surface area contributed by atoms with Gasteiger partial charge in [0, 0.05) is 22.5 Å². The van der Waals surface area contributed by atoms with Gasteiger partial charge >= 0.3 is 0 Å². The molecule has 0 spiro atoms. The van der Waals surface area contributed by atoms with Crippen LogP contribution >= 0.6 is 23.1 Å². The van der Waals surface area contributed by atoms with Crippen LogP contribution in [-0.2, 0) is 0 Å². The number of nitrogens with zero attached hydrogens (tertiary/aromatic N) is 1. The third-order valence-corrected chi connectivity index (χ3v) is 4.34. The molecular weight excluding hydrogens is 236 g/mol. The predicted molar refractivity (Wildman–Crippen MR) is 69.9 cm³/mol. The van der Waals surface area contributed by atoms with Gasteiger partial charge in [0.15, 0.2) is 4.34 Å². The van der Waals surface area contributed by atoms with Gasteiger partial charge in [0.05, 0.1) is 0 Å². The van der Waals surface area contributed by atoms with Crippen molar-refractivity contribution in [3.63, 3.8) is 0 Å². The maximum absolute atomic E-state index is 6.09. The van der Waals surface area contributed by atoms with Crippen LogP contribution in [0.3, 0.4) is 0 Å². The zero-order valence-corrected chi connectivity index (χ0v) is 10.7. The van der Waals surface area contributed by atoms with Gasteiger partial charge in [-0.25, -0.2) is 4.98 Å². The van der Waals surface area contributed by atoms with E-state index in [1.165, 1.54) is 10.5 Å². The van der Waals surface area contributed by atoms with Crippen molar-refractivity contribution < 1.29 is 0 Å². The summed E-state index contributed by atoms with van der Waals surface area (Å²) in [4.78, 5) is 5.49. The SMILES string of the molecule is CCC(N)c1ccccc1Sc1nccs1. The summed E-state index contributed by atoms with van der Waals surface area (Å²) in [5, 5.41) is 1.99. The van der Waals surface area contributed by atoms with Crippen LogP contribution < -0.4 is 5.73 Å². The lowest BCUT2D eigenvalue weighted by Gasteiger charge is -2.13. The highest BCUT2D eigenvalue weighted by Crippen LogP contribution is 2.34. The first-order chi connectivity index (χ1) is 7.81. The van der Waals surface area contributed by atoms with Crippen molar-refractivity contribution >= 4 is 23.1 Å². The van der Waals surface area contributed by atoms with E-state index in [1.807, 2.05) is 23.7 Å². The van der Waals surface area contributed by atoms with Gasteiger partial charge in [-0.2, -0.15) is 0 Å². The van der Waals surface area contributed by atoms with E-state index in [1.54, 1.807) is 23.1 Å². The molecular formula is C12H14N2S2. The van der Waals surface area contributed by atoms with Crippen molar-refractivity contribution in [2.45, 2.75) is 28.6 Å². The molecule has 0 saturated heterocycles. The topological polar surface area (TPSA) is 38.9 Å². The van der Waals surface area contributed by atoms with Gasteiger partial charge in [-0.3, -0.25) is 0 Å². The summed E-state index contributed by atoms with van der Waals surface area (Å²) in [6, 6.07) is 8.41. The molecule has 2 N–H and O–H groups in total. The molecule has 0 aliphatic carbocycles. The van der Waals surface area contributed by atoms with Crippen LogP contribution in [0.2, 0.25) is 0 Å². The Hall–Kier alpha value is -0.840. The monoisotopic (exact) mass is 250 g/mol. The van der Waals surface area contributed by atoms with Crippen molar-refractivity contribution in [1.82, 2.24) is 4.98 Å². The van der Waals surface area contributed by atoms with Crippen molar-refractivity contribution in [2.24, 2.45) is 5.73 Å². The predicted octanol–water partition coefficient (Wildman–Crippen LogP) is 3.70. The maximum atomic E-state index is 6.09. The van der Waals surface area contributed by atoms with Crippen LogP contribution in [0.4, 0.5) is 0 Å². The molecule has 1 aromatic heterocycles. The second kappa shape index (κ2) is 5.48.